The zero-order valence-electron chi connectivity index (χ0n) is 10.9. The Morgan fingerprint density at radius 1 is 1.50 bits per heavy atom. The predicted octanol–water partition coefficient (Wildman–Crippen LogP) is 1.74. The normalized spacial score (nSPS) is 11.4. The van der Waals surface area contributed by atoms with Crippen molar-refractivity contribution in [3.8, 4) is 0 Å². The fourth-order valence-corrected chi connectivity index (χ4v) is 2.78. The number of rotatable bonds is 6. The smallest absolute Gasteiger partial charge is 0.306 e. The third kappa shape index (κ3) is 4.73. The maximum absolute atomic E-state index is 12.9. The molecule has 0 atom stereocenters. The summed E-state index contributed by atoms with van der Waals surface area (Å²) < 4.78 is 44.9. The van der Waals surface area contributed by atoms with Crippen LogP contribution in [0.4, 0.5) is 10.1 Å². The lowest BCUT2D eigenvalue weighted by Gasteiger charge is -2.18. The molecule has 0 spiro atoms. The molecule has 0 aliphatic carbocycles. The van der Waals surface area contributed by atoms with Crippen LogP contribution in [0.1, 0.15) is 6.42 Å². The number of nitrogens with zero attached hydrogens (tertiary/aromatic N) is 1. The Bertz CT molecular complexity index is 594. The summed E-state index contributed by atoms with van der Waals surface area (Å²) in [4.78, 5) is 11.0. The molecule has 0 unspecified atom stereocenters. The van der Waals surface area contributed by atoms with Gasteiger partial charge in [0.1, 0.15) is 5.82 Å². The first-order valence-corrected chi connectivity index (χ1v) is 7.75. The quantitative estimate of drug-likeness (QED) is 0.776. The Kier molecular flexibility index (Phi) is 5.90. The van der Waals surface area contributed by atoms with Crippen LogP contribution in [-0.2, 0) is 19.7 Å². The summed E-state index contributed by atoms with van der Waals surface area (Å²) in [6, 6.07) is 3.58. The first kappa shape index (κ1) is 16.9. The SMILES string of the molecule is COC(=O)CCN(C)S(=O)(=O)Nc1ccc(F)cc1Br. The van der Waals surface area contributed by atoms with Gasteiger partial charge in [-0.25, -0.2) is 4.39 Å². The molecule has 0 amide bonds. The fourth-order valence-electron chi connectivity index (χ4n) is 1.26. The first-order chi connectivity index (χ1) is 9.26. The van der Waals surface area contributed by atoms with Crippen molar-refractivity contribution < 1.29 is 22.3 Å². The molecule has 1 rings (SSSR count). The number of anilines is 1. The van der Waals surface area contributed by atoms with Gasteiger partial charge in [0.05, 0.1) is 19.2 Å². The van der Waals surface area contributed by atoms with Gasteiger partial charge in [-0.1, -0.05) is 0 Å². The van der Waals surface area contributed by atoms with Gasteiger partial charge in [-0.2, -0.15) is 12.7 Å². The van der Waals surface area contributed by atoms with Gasteiger partial charge >= 0.3 is 16.2 Å². The van der Waals surface area contributed by atoms with E-state index in [0.29, 0.717) is 0 Å². The van der Waals surface area contributed by atoms with E-state index in [0.717, 1.165) is 16.4 Å². The zero-order chi connectivity index (χ0) is 15.3. The summed E-state index contributed by atoms with van der Waals surface area (Å²) in [6.07, 6.45) is -0.0570. The van der Waals surface area contributed by atoms with E-state index in [2.05, 4.69) is 25.4 Å². The highest BCUT2D eigenvalue weighted by Gasteiger charge is 2.19. The highest BCUT2D eigenvalue weighted by atomic mass is 79.9. The number of esters is 1. The Morgan fingerprint density at radius 2 is 2.15 bits per heavy atom. The van der Waals surface area contributed by atoms with E-state index in [1.165, 1.54) is 20.2 Å². The highest BCUT2D eigenvalue weighted by Crippen LogP contribution is 2.24. The zero-order valence-corrected chi connectivity index (χ0v) is 13.3. The number of hydrogen-bond donors (Lipinski definition) is 1. The van der Waals surface area contributed by atoms with E-state index in [-0.39, 0.29) is 23.1 Å². The molecule has 0 bridgehead atoms. The minimum Gasteiger partial charge on any atom is -0.469 e. The van der Waals surface area contributed by atoms with E-state index in [4.69, 9.17) is 0 Å². The molecule has 0 heterocycles. The molecule has 20 heavy (non-hydrogen) atoms. The van der Waals surface area contributed by atoms with Crippen molar-refractivity contribution in [1.29, 1.82) is 0 Å². The van der Waals surface area contributed by atoms with Crippen molar-refractivity contribution in [3.05, 3.63) is 28.5 Å². The molecular formula is C11H14BrFN2O4S. The van der Waals surface area contributed by atoms with E-state index in [1.807, 2.05) is 0 Å². The van der Waals surface area contributed by atoms with Crippen LogP contribution in [0.2, 0.25) is 0 Å². The molecule has 9 heteroatoms. The molecule has 6 nitrogen and oxygen atoms in total. The number of benzene rings is 1. The average Bonchev–Trinajstić information content (AvgIpc) is 2.38. The van der Waals surface area contributed by atoms with Crippen LogP contribution in [0.15, 0.2) is 22.7 Å². The van der Waals surface area contributed by atoms with E-state index in [1.54, 1.807) is 0 Å². The van der Waals surface area contributed by atoms with E-state index in [9.17, 15) is 17.6 Å². The van der Waals surface area contributed by atoms with E-state index < -0.39 is 22.0 Å². The summed E-state index contributed by atoms with van der Waals surface area (Å²) in [5.74, 6) is -0.992. The number of halogens is 2. The summed E-state index contributed by atoms with van der Waals surface area (Å²) in [7, 11) is -1.28. The fraction of sp³-hybridized carbons (Fsp3) is 0.364. The van der Waals surface area contributed by atoms with Gasteiger partial charge in [0, 0.05) is 18.1 Å². The minimum absolute atomic E-state index is 0.0270. The topological polar surface area (TPSA) is 75.7 Å². The van der Waals surface area contributed by atoms with Crippen LogP contribution < -0.4 is 4.72 Å². The van der Waals surface area contributed by atoms with Crippen LogP contribution in [0, 0.1) is 5.82 Å². The number of methoxy groups -OCH3 is 1. The second-order valence-electron chi connectivity index (χ2n) is 3.88. The van der Waals surface area contributed by atoms with E-state index >= 15 is 0 Å². The number of ether oxygens (including phenoxy) is 1. The molecule has 1 aromatic rings. The highest BCUT2D eigenvalue weighted by molar-refractivity contribution is 9.10. The third-order valence-electron chi connectivity index (χ3n) is 2.44. The second-order valence-corrected chi connectivity index (χ2v) is 6.51. The van der Waals surface area contributed by atoms with Gasteiger partial charge in [0.15, 0.2) is 0 Å². The first-order valence-electron chi connectivity index (χ1n) is 5.52. The summed E-state index contributed by atoms with van der Waals surface area (Å²) >= 11 is 3.06. The van der Waals surface area contributed by atoms with Crippen LogP contribution in [0.25, 0.3) is 0 Å². The van der Waals surface area contributed by atoms with Crippen molar-refractivity contribution in [3.63, 3.8) is 0 Å². The molecule has 0 radical (unpaired) electrons. The van der Waals surface area contributed by atoms with Crippen LogP contribution in [0.3, 0.4) is 0 Å². The molecule has 1 N–H and O–H groups in total. The Balaban J connectivity index is 2.76. The maximum atomic E-state index is 12.9. The molecule has 0 saturated heterocycles. The van der Waals surface area contributed by atoms with Gasteiger partial charge in [-0.3, -0.25) is 9.52 Å². The lowest BCUT2D eigenvalue weighted by molar-refractivity contribution is -0.140. The minimum atomic E-state index is -3.83. The van der Waals surface area contributed by atoms with Gasteiger partial charge in [-0.05, 0) is 34.1 Å². The van der Waals surface area contributed by atoms with Crippen LogP contribution >= 0.6 is 15.9 Å². The monoisotopic (exact) mass is 368 g/mol. The summed E-state index contributed by atoms with van der Waals surface area (Å²) in [5, 5.41) is 0. The second kappa shape index (κ2) is 7.00. The largest absolute Gasteiger partial charge is 0.469 e. The van der Waals surface area contributed by atoms with Gasteiger partial charge in [-0.15, -0.1) is 0 Å². The molecule has 0 saturated carbocycles. The molecular weight excluding hydrogens is 355 g/mol. The van der Waals surface area contributed by atoms with Crippen molar-refractivity contribution in [2.75, 3.05) is 25.4 Å². The van der Waals surface area contributed by atoms with Gasteiger partial charge < -0.3 is 4.74 Å². The van der Waals surface area contributed by atoms with Crippen LogP contribution in [0.5, 0.6) is 0 Å². The summed E-state index contributed by atoms with van der Waals surface area (Å²) in [6.45, 7) is -0.0270. The lowest BCUT2D eigenvalue weighted by Crippen LogP contribution is -2.34. The maximum Gasteiger partial charge on any atom is 0.306 e. The Hall–Kier alpha value is -1.19. The number of hydrogen-bond acceptors (Lipinski definition) is 4. The third-order valence-corrected chi connectivity index (χ3v) is 4.58. The van der Waals surface area contributed by atoms with Gasteiger partial charge in [0.25, 0.3) is 0 Å². The number of nitrogens with one attached hydrogen (secondary N) is 1. The molecule has 0 fully saturated rings. The predicted molar refractivity (Wildman–Crippen MR) is 75.9 cm³/mol. The molecule has 0 aromatic heterocycles. The lowest BCUT2D eigenvalue weighted by atomic mass is 10.3. The number of carbonyl (C=O) groups excluding carboxylic acids is 1. The molecule has 112 valence electrons. The molecule has 0 aliphatic heterocycles. The van der Waals surface area contributed by atoms with Crippen molar-refractivity contribution in [1.82, 2.24) is 4.31 Å². The van der Waals surface area contributed by atoms with Crippen molar-refractivity contribution in [2.45, 2.75) is 6.42 Å². The van der Waals surface area contributed by atoms with Gasteiger partial charge in [0.2, 0.25) is 0 Å². The Morgan fingerprint density at radius 3 is 2.70 bits per heavy atom. The Labute approximate surface area is 125 Å². The van der Waals surface area contributed by atoms with Crippen molar-refractivity contribution >= 4 is 37.8 Å². The standard InChI is InChI=1S/C11H14BrFN2O4S/c1-15(6-5-11(16)19-2)20(17,18)14-10-4-3-8(13)7-9(10)12/h3-4,7,14H,5-6H2,1-2H3. The van der Waals surface area contributed by atoms with Crippen molar-refractivity contribution in [2.24, 2.45) is 0 Å². The molecule has 0 aliphatic rings. The molecule has 1 aromatic carbocycles. The van der Waals surface area contributed by atoms with Crippen LogP contribution in [-0.4, -0.2) is 39.4 Å². The number of carbonyl (C=O) groups is 1. The summed E-state index contributed by atoms with van der Waals surface area (Å²) in [5.41, 5.74) is 0.205. The average molecular weight is 369 g/mol.